The van der Waals surface area contributed by atoms with E-state index >= 15 is 0 Å². The molecule has 0 saturated carbocycles. The normalized spacial score (nSPS) is 17.3. The molecule has 0 aliphatic heterocycles. The van der Waals surface area contributed by atoms with Crippen LogP contribution in [0.4, 0.5) is 17.1 Å². The minimum Gasteiger partial charge on any atom is -0.310 e. The molecule has 4 aliphatic rings. The summed E-state index contributed by atoms with van der Waals surface area (Å²) in [6, 6.07) is 61.9. The number of hydrogen-bond donors (Lipinski definition) is 0. The molecule has 0 heterocycles. The van der Waals surface area contributed by atoms with Crippen LogP contribution in [0.25, 0.3) is 39.0 Å². The van der Waals surface area contributed by atoms with Crippen molar-refractivity contribution < 1.29 is 0 Å². The topological polar surface area (TPSA) is 3.24 Å². The molecule has 1 heteroatoms. The summed E-state index contributed by atoms with van der Waals surface area (Å²) in [6.07, 6.45) is 9.60. The van der Waals surface area contributed by atoms with Crippen LogP contribution >= 0.6 is 0 Å². The van der Waals surface area contributed by atoms with Crippen LogP contribution in [0, 0.1) is 0 Å². The molecule has 0 saturated heterocycles. The molecule has 1 nitrogen and oxygen atoms in total. The first-order chi connectivity index (χ1) is 28.3. The Hall–Kier alpha value is -6.18. The quantitative estimate of drug-likeness (QED) is 0.169. The summed E-state index contributed by atoms with van der Waals surface area (Å²) in [7, 11) is 0. The lowest BCUT2D eigenvalue weighted by atomic mass is 9.63. The first kappa shape index (κ1) is 35.0. The van der Waals surface area contributed by atoms with E-state index in [4.69, 9.17) is 0 Å². The van der Waals surface area contributed by atoms with E-state index in [2.05, 4.69) is 209 Å². The first-order valence-electron chi connectivity index (χ1n) is 21.2. The van der Waals surface area contributed by atoms with Crippen molar-refractivity contribution in [1.82, 2.24) is 0 Å². The van der Waals surface area contributed by atoms with Crippen LogP contribution in [-0.4, -0.2) is 0 Å². The van der Waals surface area contributed by atoms with Crippen LogP contribution in [0.3, 0.4) is 0 Å². The number of nitrogens with zero attached hydrogens (tertiary/aromatic N) is 1. The van der Waals surface area contributed by atoms with Gasteiger partial charge in [-0.15, -0.1) is 0 Å². The van der Waals surface area contributed by atoms with E-state index in [9.17, 15) is 0 Å². The average molecular weight is 748 g/mol. The monoisotopic (exact) mass is 747 g/mol. The third-order valence-electron chi connectivity index (χ3n) is 14.0. The van der Waals surface area contributed by atoms with Crippen LogP contribution < -0.4 is 4.90 Å². The lowest BCUT2D eigenvalue weighted by Crippen LogP contribution is -2.33. The van der Waals surface area contributed by atoms with Gasteiger partial charge in [0.1, 0.15) is 0 Å². The highest BCUT2D eigenvalue weighted by Gasteiger charge is 2.55. The van der Waals surface area contributed by atoms with Crippen molar-refractivity contribution in [2.24, 2.45) is 0 Å². The van der Waals surface area contributed by atoms with Gasteiger partial charge < -0.3 is 4.90 Å². The van der Waals surface area contributed by atoms with E-state index in [1.165, 1.54) is 96.4 Å². The Morgan fingerprint density at radius 1 is 0.414 bits per heavy atom. The fourth-order valence-corrected chi connectivity index (χ4v) is 11.0. The Morgan fingerprint density at radius 3 is 1.59 bits per heavy atom. The zero-order chi connectivity index (χ0) is 39.2. The van der Waals surface area contributed by atoms with Gasteiger partial charge in [-0.1, -0.05) is 173 Å². The zero-order valence-corrected chi connectivity index (χ0v) is 34.0. The summed E-state index contributed by atoms with van der Waals surface area (Å²) in [5.41, 5.74) is 22.4. The molecule has 4 aliphatic carbocycles. The van der Waals surface area contributed by atoms with Crippen molar-refractivity contribution in [3.8, 4) is 33.4 Å². The van der Waals surface area contributed by atoms with Gasteiger partial charge in [0.15, 0.2) is 0 Å². The standard InChI is InChI=1S/C57H49N/c1-55(2)35-36-56(3,4)52-37-41(29-34-51(52)55)40-27-32-43(33-28-40)58(42-30-25-39(26-31-42)38-15-6-5-7-16-38)53-24-14-20-47-46-19-10-13-23-50(46)57(54(47)53)48-21-11-8-17-44(48)45-18-9-12-22-49(45)57/h5-9,11-12,14-34,37H,10,13,35-36H2,1-4H3. The largest absolute Gasteiger partial charge is 0.310 e. The molecule has 58 heavy (non-hydrogen) atoms. The van der Waals surface area contributed by atoms with Gasteiger partial charge in [0.05, 0.1) is 11.1 Å². The maximum atomic E-state index is 2.55. The van der Waals surface area contributed by atoms with Crippen molar-refractivity contribution in [3.63, 3.8) is 0 Å². The maximum Gasteiger partial charge on any atom is 0.0742 e. The third kappa shape index (κ3) is 5.08. The van der Waals surface area contributed by atoms with Crippen molar-refractivity contribution in [3.05, 3.63) is 215 Å². The van der Waals surface area contributed by atoms with Crippen LogP contribution in [-0.2, 0) is 16.2 Å². The summed E-state index contributed by atoms with van der Waals surface area (Å²) in [5, 5.41) is 0. The molecule has 0 unspecified atom stereocenters. The summed E-state index contributed by atoms with van der Waals surface area (Å²) in [5.74, 6) is 0. The second kappa shape index (κ2) is 12.9. The molecule has 7 aromatic rings. The van der Waals surface area contributed by atoms with E-state index in [-0.39, 0.29) is 10.8 Å². The highest BCUT2D eigenvalue weighted by atomic mass is 15.1. The molecule has 0 atom stereocenters. The second-order valence-corrected chi connectivity index (χ2v) is 18.2. The van der Waals surface area contributed by atoms with Crippen LogP contribution in [0.15, 0.2) is 182 Å². The molecule has 0 N–H and O–H groups in total. The SMILES string of the molecule is CC1(C)CCC(C)(C)c2cc(-c3ccc(N(c4ccc(-c5ccccc5)cc4)c4cccc5c4C4(C6=CCCC=C65)c5ccccc5-c5ccccc54)cc3)ccc21. The van der Waals surface area contributed by atoms with E-state index in [1.807, 2.05) is 0 Å². The number of fused-ring (bicyclic) bond motifs is 11. The van der Waals surface area contributed by atoms with Crippen LogP contribution in [0.5, 0.6) is 0 Å². The molecule has 0 radical (unpaired) electrons. The Kier molecular flexibility index (Phi) is 7.80. The number of hydrogen-bond acceptors (Lipinski definition) is 1. The lowest BCUT2D eigenvalue weighted by molar-refractivity contribution is 0.332. The predicted octanol–water partition coefficient (Wildman–Crippen LogP) is 15.3. The minimum atomic E-state index is -0.419. The maximum absolute atomic E-state index is 2.55. The van der Waals surface area contributed by atoms with E-state index in [0.29, 0.717) is 0 Å². The molecular weight excluding hydrogens is 699 g/mol. The van der Waals surface area contributed by atoms with Crippen molar-refractivity contribution in [2.75, 3.05) is 4.90 Å². The molecule has 0 bridgehead atoms. The molecule has 11 rings (SSSR count). The highest BCUT2D eigenvalue weighted by Crippen LogP contribution is 2.66. The van der Waals surface area contributed by atoms with Gasteiger partial charge in [-0.25, -0.2) is 0 Å². The van der Waals surface area contributed by atoms with E-state index < -0.39 is 5.41 Å². The van der Waals surface area contributed by atoms with Crippen molar-refractivity contribution in [2.45, 2.75) is 69.6 Å². The molecule has 0 amide bonds. The van der Waals surface area contributed by atoms with Crippen LogP contribution in [0.1, 0.15) is 86.8 Å². The van der Waals surface area contributed by atoms with Gasteiger partial charge in [0.2, 0.25) is 0 Å². The number of benzene rings is 7. The Labute approximate surface area is 344 Å². The minimum absolute atomic E-state index is 0.159. The van der Waals surface area contributed by atoms with Gasteiger partial charge >= 0.3 is 0 Å². The van der Waals surface area contributed by atoms with Crippen LogP contribution in [0.2, 0.25) is 0 Å². The van der Waals surface area contributed by atoms with Gasteiger partial charge in [-0.2, -0.15) is 0 Å². The van der Waals surface area contributed by atoms with Crippen molar-refractivity contribution >= 4 is 22.6 Å². The first-order valence-corrected chi connectivity index (χ1v) is 21.2. The molecular formula is C57H49N. The molecule has 282 valence electrons. The average Bonchev–Trinajstić information content (AvgIpc) is 3.74. The van der Waals surface area contributed by atoms with E-state index in [0.717, 1.165) is 24.2 Å². The van der Waals surface area contributed by atoms with Crippen molar-refractivity contribution in [1.29, 1.82) is 0 Å². The van der Waals surface area contributed by atoms with Gasteiger partial charge in [-0.3, -0.25) is 0 Å². The summed E-state index contributed by atoms with van der Waals surface area (Å²) in [4.78, 5) is 2.53. The number of rotatable bonds is 5. The molecule has 1 spiro atoms. The lowest BCUT2D eigenvalue weighted by Gasteiger charge is -2.42. The molecule has 0 aromatic heterocycles. The molecule has 7 aromatic carbocycles. The van der Waals surface area contributed by atoms with Gasteiger partial charge in [-0.05, 0) is 139 Å². The van der Waals surface area contributed by atoms with E-state index in [1.54, 1.807) is 0 Å². The number of allylic oxidation sites excluding steroid dienone is 4. The third-order valence-corrected chi connectivity index (χ3v) is 14.0. The summed E-state index contributed by atoms with van der Waals surface area (Å²) < 4.78 is 0. The smallest absolute Gasteiger partial charge is 0.0742 e. The fraction of sp³-hybridized carbons (Fsp3) is 0.193. The Bertz CT molecular complexity index is 2770. The Morgan fingerprint density at radius 2 is 0.931 bits per heavy atom. The number of anilines is 3. The Balaban J connectivity index is 1.12. The second-order valence-electron chi connectivity index (χ2n) is 18.2. The fourth-order valence-electron chi connectivity index (χ4n) is 11.0. The van der Waals surface area contributed by atoms with Gasteiger partial charge in [0, 0.05) is 16.9 Å². The highest BCUT2D eigenvalue weighted by molar-refractivity contribution is 6.03. The molecule has 0 fully saturated rings. The summed E-state index contributed by atoms with van der Waals surface area (Å²) >= 11 is 0. The zero-order valence-electron chi connectivity index (χ0n) is 34.0. The van der Waals surface area contributed by atoms with Gasteiger partial charge in [0.25, 0.3) is 0 Å². The summed E-state index contributed by atoms with van der Waals surface area (Å²) in [6.45, 7) is 9.66. The predicted molar refractivity (Wildman–Crippen MR) is 244 cm³/mol.